The Labute approximate surface area is 136 Å². The average Bonchev–Trinajstić information content (AvgIpc) is 2.91. The number of aromatic nitrogens is 2. The fourth-order valence-corrected chi connectivity index (χ4v) is 2.41. The zero-order valence-electron chi connectivity index (χ0n) is 13.4. The highest BCUT2D eigenvalue weighted by Crippen LogP contribution is 2.24. The molecule has 8 heteroatoms. The lowest BCUT2D eigenvalue weighted by atomic mass is 10.1. The third-order valence-electron chi connectivity index (χ3n) is 4.04. The lowest BCUT2D eigenvalue weighted by molar-refractivity contribution is -0.391. The van der Waals surface area contributed by atoms with E-state index in [1.54, 1.807) is 26.1 Å². The fourth-order valence-electron chi connectivity index (χ4n) is 2.41. The lowest BCUT2D eigenvalue weighted by Gasteiger charge is -2.07. The molecule has 124 valence electrons. The maximum Gasteiger partial charge on any atom is 0.342 e. The predicted octanol–water partition coefficient (Wildman–Crippen LogP) is 2.63. The van der Waals surface area contributed by atoms with Gasteiger partial charge in [0.1, 0.15) is 17.5 Å². The second kappa shape index (κ2) is 5.80. The molecule has 3 rings (SSSR count). The van der Waals surface area contributed by atoms with Gasteiger partial charge in [0.2, 0.25) is 5.82 Å². The molecule has 1 aromatic carbocycles. The zero-order chi connectivity index (χ0) is 17.4. The summed E-state index contributed by atoms with van der Waals surface area (Å²) in [6.07, 6.45) is 1.18. The van der Waals surface area contributed by atoms with Gasteiger partial charge in [0.15, 0.2) is 6.61 Å². The van der Waals surface area contributed by atoms with Crippen molar-refractivity contribution in [3.63, 3.8) is 0 Å². The maximum atomic E-state index is 11.8. The van der Waals surface area contributed by atoms with Gasteiger partial charge in [0, 0.05) is 17.0 Å². The predicted molar refractivity (Wildman–Crippen MR) is 86.2 cm³/mol. The second-order valence-corrected chi connectivity index (χ2v) is 5.43. The van der Waals surface area contributed by atoms with Gasteiger partial charge in [-0.2, -0.15) is 0 Å². The fraction of sp³-hybridized carbons (Fsp3) is 0.250. The minimum absolute atomic E-state index is 0.0604. The molecule has 0 saturated heterocycles. The van der Waals surface area contributed by atoms with Crippen LogP contribution in [0.25, 0.3) is 11.0 Å². The smallest absolute Gasteiger partial charge is 0.342 e. The Bertz CT molecular complexity index is 1000. The van der Waals surface area contributed by atoms with Crippen LogP contribution in [0.1, 0.15) is 17.0 Å². The van der Waals surface area contributed by atoms with Crippen molar-refractivity contribution in [3.05, 3.63) is 61.9 Å². The molecule has 0 fully saturated rings. The molecular weight excluding hydrogens is 314 g/mol. The van der Waals surface area contributed by atoms with E-state index < -0.39 is 4.92 Å². The number of ether oxygens (including phenoxy) is 1. The van der Waals surface area contributed by atoms with Gasteiger partial charge in [-0.1, -0.05) is 0 Å². The average molecular weight is 329 g/mol. The van der Waals surface area contributed by atoms with Crippen molar-refractivity contribution in [2.75, 3.05) is 0 Å². The van der Waals surface area contributed by atoms with Crippen LogP contribution in [0.15, 0.2) is 33.6 Å². The van der Waals surface area contributed by atoms with Gasteiger partial charge in [-0.25, -0.2) is 14.3 Å². The van der Waals surface area contributed by atoms with E-state index in [4.69, 9.17) is 9.15 Å². The van der Waals surface area contributed by atoms with Crippen molar-refractivity contribution >= 4 is 16.8 Å². The monoisotopic (exact) mass is 329 g/mol. The van der Waals surface area contributed by atoms with E-state index in [1.807, 2.05) is 13.0 Å². The molecule has 0 spiro atoms. The number of nitrogens with zero attached hydrogens (tertiary/aromatic N) is 3. The summed E-state index contributed by atoms with van der Waals surface area (Å²) in [5.74, 6) is 0.798. The first-order valence-electron chi connectivity index (χ1n) is 7.20. The molecule has 0 bridgehead atoms. The van der Waals surface area contributed by atoms with Gasteiger partial charge in [-0.05, 0) is 36.5 Å². The van der Waals surface area contributed by atoms with Crippen LogP contribution in [0.4, 0.5) is 5.82 Å². The van der Waals surface area contributed by atoms with E-state index in [2.05, 4.69) is 4.98 Å². The van der Waals surface area contributed by atoms with Crippen LogP contribution in [0.2, 0.25) is 0 Å². The van der Waals surface area contributed by atoms with Gasteiger partial charge in [0.25, 0.3) is 0 Å². The molecule has 0 radical (unpaired) electrons. The quantitative estimate of drug-likeness (QED) is 0.414. The molecule has 2 aromatic heterocycles. The first-order chi connectivity index (χ1) is 11.4. The minimum Gasteiger partial charge on any atom is -0.483 e. The van der Waals surface area contributed by atoms with Crippen molar-refractivity contribution in [2.45, 2.75) is 20.5 Å². The van der Waals surface area contributed by atoms with Crippen molar-refractivity contribution in [2.24, 2.45) is 7.05 Å². The standard InChI is InChI=1S/C16H15N3O5/c1-9-10(2)16(20)24-13-6-11(4-5-12(9)13)23-8-14-17-7-15(18(14)3)19(21)22/h4-7H,8H2,1-3H3. The normalized spacial score (nSPS) is 11.0. The second-order valence-electron chi connectivity index (χ2n) is 5.43. The van der Waals surface area contributed by atoms with E-state index in [-0.39, 0.29) is 18.1 Å². The number of hydrogen-bond donors (Lipinski definition) is 0. The van der Waals surface area contributed by atoms with Crippen molar-refractivity contribution in [1.29, 1.82) is 0 Å². The summed E-state index contributed by atoms with van der Waals surface area (Å²) in [5.41, 5.74) is 1.51. The van der Waals surface area contributed by atoms with Crippen LogP contribution in [0, 0.1) is 24.0 Å². The Morgan fingerprint density at radius 1 is 1.33 bits per heavy atom. The van der Waals surface area contributed by atoms with E-state index in [1.165, 1.54) is 10.8 Å². The van der Waals surface area contributed by atoms with Crippen LogP contribution in [-0.4, -0.2) is 14.5 Å². The zero-order valence-corrected chi connectivity index (χ0v) is 13.4. The summed E-state index contributed by atoms with van der Waals surface area (Å²) in [7, 11) is 1.55. The third-order valence-corrected chi connectivity index (χ3v) is 4.04. The van der Waals surface area contributed by atoms with E-state index >= 15 is 0 Å². The van der Waals surface area contributed by atoms with Crippen LogP contribution in [-0.2, 0) is 13.7 Å². The van der Waals surface area contributed by atoms with E-state index in [9.17, 15) is 14.9 Å². The summed E-state index contributed by atoms with van der Waals surface area (Å²) in [6, 6.07) is 5.20. The van der Waals surface area contributed by atoms with Gasteiger partial charge >= 0.3 is 11.4 Å². The number of aryl methyl sites for hydroxylation is 1. The highest BCUT2D eigenvalue weighted by atomic mass is 16.6. The number of fused-ring (bicyclic) bond motifs is 1. The van der Waals surface area contributed by atoms with E-state index in [0.717, 1.165) is 10.9 Å². The lowest BCUT2D eigenvalue weighted by Crippen LogP contribution is -2.07. The molecule has 2 heterocycles. The molecule has 8 nitrogen and oxygen atoms in total. The van der Waals surface area contributed by atoms with Crippen molar-refractivity contribution in [3.8, 4) is 5.75 Å². The Morgan fingerprint density at radius 3 is 2.75 bits per heavy atom. The number of hydrogen-bond acceptors (Lipinski definition) is 6. The van der Waals surface area contributed by atoms with Gasteiger partial charge < -0.3 is 19.3 Å². The molecule has 0 amide bonds. The molecule has 0 aliphatic heterocycles. The van der Waals surface area contributed by atoms with Crippen molar-refractivity contribution < 1.29 is 14.1 Å². The molecule has 3 aromatic rings. The van der Waals surface area contributed by atoms with Gasteiger partial charge in [0.05, 0.1) is 7.05 Å². The SMILES string of the molecule is Cc1c(C)c2ccc(OCc3ncc([N+](=O)[O-])n3C)cc2oc1=O. The van der Waals surface area contributed by atoms with Gasteiger partial charge in [-0.3, -0.25) is 0 Å². The molecule has 24 heavy (non-hydrogen) atoms. The molecular formula is C16H15N3O5. The van der Waals surface area contributed by atoms with E-state index in [0.29, 0.717) is 22.7 Å². The van der Waals surface area contributed by atoms with Crippen LogP contribution in [0.5, 0.6) is 5.75 Å². The molecule has 0 N–H and O–H groups in total. The topological polar surface area (TPSA) is 100 Å². The Hall–Kier alpha value is -3.16. The summed E-state index contributed by atoms with van der Waals surface area (Å²) < 4.78 is 12.3. The molecule has 0 aliphatic carbocycles. The minimum atomic E-state index is -0.508. The molecule has 0 aliphatic rings. The summed E-state index contributed by atoms with van der Waals surface area (Å²) in [5, 5.41) is 11.6. The summed E-state index contributed by atoms with van der Waals surface area (Å²) in [4.78, 5) is 26.0. The summed E-state index contributed by atoms with van der Waals surface area (Å²) in [6.45, 7) is 3.64. The maximum absolute atomic E-state index is 11.8. The van der Waals surface area contributed by atoms with Crippen LogP contribution < -0.4 is 10.4 Å². The van der Waals surface area contributed by atoms with Crippen LogP contribution >= 0.6 is 0 Å². The number of rotatable bonds is 4. The first kappa shape index (κ1) is 15.7. The molecule has 0 atom stereocenters. The highest BCUT2D eigenvalue weighted by molar-refractivity contribution is 5.82. The number of imidazole rings is 1. The summed E-state index contributed by atoms with van der Waals surface area (Å²) >= 11 is 0. The van der Waals surface area contributed by atoms with Crippen LogP contribution in [0.3, 0.4) is 0 Å². The number of nitro groups is 1. The molecule has 0 unspecified atom stereocenters. The largest absolute Gasteiger partial charge is 0.483 e. The Kier molecular flexibility index (Phi) is 3.80. The highest BCUT2D eigenvalue weighted by Gasteiger charge is 2.17. The Morgan fingerprint density at radius 2 is 2.08 bits per heavy atom. The molecule has 0 saturated carbocycles. The first-order valence-corrected chi connectivity index (χ1v) is 7.20. The third kappa shape index (κ3) is 2.62. The van der Waals surface area contributed by atoms with Crippen molar-refractivity contribution in [1.82, 2.24) is 9.55 Å². The number of benzene rings is 1. The Balaban J connectivity index is 1.87. The van der Waals surface area contributed by atoms with Gasteiger partial charge in [-0.15, -0.1) is 0 Å².